The zero-order valence-electron chi connectivity index (χ0n) is 19.1. The number of ketones is 1. The lowest BCUT2D eigenvalue weighted by Crippen LogP contribution is -2.43. The maximum absolute atomic E-state index is 13.0. The molecule has 1 fully saturated rings. The molecular weight excluding hydrogens is 404 g/mol. The molecule has 1 amide bonds. The second kappa shape index (κ2) is 9.74. The van der Waals surface area contributed by atoms with Gasteiger partial charge in [-0.3, -0.25) is 14.5 Å². The largest absolute Gasteiger partial charge is 0.486 e. The number of ether oxygens (including phenoxy) is 2. The number of likely N-dealkylation sites (tertiary alicyclic amines) is 1. The highest BCUT2D eigenvalue weighted by Crippen LogP contribution is 2.32. The van der Waals surface area contributed by atoms with Crippen LogP contribution in [-0.4, -0.2) is 49.4 Å². The van der Waals surface area contributed by atoms with Crippen LogP contribution >= 0.6 is 0 Å². The average molecular weight is 437 g/mol. The number of carbonyl (C=O) groups is 2. The highest BCUT2D eigenvalue weighted by Gasteiger charge is 2.28. The number of hydrogen-bond acceptors (Lipinski definition) is 5. The van der Waals surface area contributed by atoms with Gasteiger partial charge >= 0.3 is 0 Å². The summed E-state index contributed by atoms with van der Waals surface area (Å²) in [5, 5.41) is 3.11. The molecular formula is C26H32N2O4. The Morgan fingerprint density at radius 3 is 2.44 bits per heavy atom. The third-order valence-corrected chi connectivity index (χ3v) is 6.56. The minimum atomic E-state index is -0.0314. The molecule has 6 heteroatoms. The summed E-state index contributed by atoms with van der Waals surface area (Å²) in [6, 6.07) is 11.7. The molecule has 1 saturated heterocycles. The van der Waals surface area contributed by atoms with Crippen molar-refractivity contribution in [2.24, 2.45) is 5.92 Å². The summed E-state index contributed by atoms with van der Waals surface area (Å²) in [4.78, 5) is 27.7. The molecule has 2 heterocycles. The molecule has 2 aliphatic rings. The lowest BCUT2D eigenvalue weighted by atomic mass is 9.88. The number of nitrogens with one attached hydrogen (secondary N) is 1. The first-order valence-electron chi connectivity index (χ1n) is 11.4. The van der Waals surface area contributed by atoms with E-state index in [1.54, 1.807) is 6.07 Å². The van der Waals surface area contributed by atoms with E-state index in [9.17, 15) is 9.59 Å². The van der Waals surface area contributed by atoms with Gasteiger partial charge in [0.1, 0.15) is 13.2 Å². The van der Waals surface area contributed by atoms with E-state index in [0.717, 1.165) is 31.5 Å². The molecule has 4 rings (SSSR count). The average Bonchev–Trinajstić information content (AvgIpc) is 2.80. The minimum Gasteiger partial charge on any atom is -0.486 e. The highest BCUT2D eigenvalue weighted by molar-refractivity contribution is 5.98. The van der Waals surface area contributed by atoms with Gasteiger partial charge in [0.15, 0.2) is 17.3 Å². The van der Waals surface area contributed by atoms with Crippen molar-refractivity contribution in [3.05, 3.63) is 58.7 Å². The number of benzene rings is 2. The van der Waals surface area contributed by atoms with E-state index in [1.165, 1.54) is 11.1 Å². The first-order chi connectivity index (χ1) is 15.4. The van der Waals surface area contributed by atoms with Crippen LogP contribution in [0.2, 0.25) is 0 Å². The van der Waals surface area contributed by atoms with Crippen molar-refractivity contribution >= 4 is 11.7 Å². The molecule has 2 aliphatic heterocycles. The van der Waals surface area contributed by atoms with Gasteiger partial charge in [-0.1, -0.05) is 18.2 Å². The third-order valence-electron chi connectivity index (χ3n) is 6.56. The Labute approximate surface area is 189 Å². The molecule has 0 aromatic heterocycles. The zero-order chi connectivity index (χ0) is 22.7. The number of rotatable bonds is 6. The lowest BCUT2D eigenvalue weighted by Gasteiger charge is -2.31. The van der Waals surface area contributed by atoms with Gasteiger partial charge in [0, 0.05) is 11.5 Å². The van der Waals surface area contributed by atoms with E-state index in [0.29, 0.717) is 36.8 Å². The van der Waals surface area contributed by atoms with Crippen molar-refractivity contribution in [2.75, 3.05) is 32.8 Å². The smallest absolute Gasteiger partial charge is 0.234 e. The monoisotopic (exact) mass is 436 g/mol. The molecule has 0 bridgehead atoms. The number of piperidine rings is 1. The standard InChI is InChI=1S/C26H32N2O4/c1-17-4-5-21(14-18(17)2)19(3)27-25(29)16-28-10-8-20(9-11-28)26(30)22-6-7-23-24(15-22)32-13-12-31-23/h4-7,14-15,19-20H,8-13,16H2,1-3H3,(H,27,29)/t19-/m1/s1. The molecule has 0 saturated carbocycles. The van der Waals surface area contributed by atoms with E-state index < -0.39 is 0 Å². The van der Waals surface area contributed by atoms with Crippen LogP contribution in [0.15, 0.2) is 36.4 Å². The van der Waals surface area contributed by atoms with Crippen LogP contribution < -0.4 is 14.8 Å². The van der Waals surface area contributed by atoms with E-state index in [2.05, 4.69) is 42.3 Å². The van der Waals surface area contributed by atoms with E-state index in [1.807, 2.05) is 19.1 Å². The number of carbonyl (C=O) groups excluding carboxylic acids is 2. The lowest BCUT2D eigenvalue weighted by molar-refractivity contribution is -0.123. The summed E-state index contributed by atoms with van der Waals surface area (Å²) >= 11 is 0. The number of amides is 1. The molecule has 0 aliphatic carbocycles. The summed E-state index contributed by atoms with van der Waals surface area (Å²) in [6.07, 6.45) is 1.51. The van der Waals surface area contributed by atoms with Gasteiger partial charge < -0.3 is 14.8 Å². The Morgan fingerprint density at radius 2 is 1.72 bits per heavy atom. The Morgan fingerprint density at radius 1 is 1.00 bits per heavy atom. The van der Waals surface area contributed by atoms with Gasteiger partial charge in [0.2, 0.25) is 5.91 Å². The number of fused-ring (bicyclic) bond motifs is 1. The first-order valence-corrected chi connectivity index (χ1v) is 11.4. The van der Waals surface area contributed by atoms with Crippen LogP contribution in [0.1, 0.15) is 52.9 Å². The first kappa shape index (κ1) is 22.3. The van der Waals surface area contributed by atoms with Crippen molar-refractivity contribution in [1.82, 2.24) is 10.2 Å². The van der Waals surface area contributed by atoms with Crippen LogP contribution in [0.25, 0.3) is 0 Å². The number of nitrogens with zero attached hydrogens (tertiary/aromatic N) is 1. The van der Waals surface area contributed by atoms with Crippen molar-refractivity contribution in [2.45, 2.75) is 39.7 Å². The van der Waals surface area contributed by atoms with E-state index in [4.69, 9.17) is 9.47 Å². The quantitative estimate of drug-likeness (QED) is 0.697. The van der Waals surface area contributed by atoms with Crippen molar-refractivity contribution in [1.29, 1.82) is 0 Å². The molecule has 0 unspecified atom stereocenters. The van der Waals surface area contributed by atoms with Crippen LogP contribution in [0.4, 0.5) is 0 Å². The van der Waals surface area contributed by atoms with E-state index >= 15 is 0 Å². The molecule has 170 valence electrons. The maximum Gasteiger partial charge on any atom is 0.234 e. The highest BCUT2D eigenvalue weighted by atomic mass is 16.6. The summed E-state index contributed by atoms with van der Waals surface area (Å²) in [7, 11) is 0. The Bertz CT molecular complexity index is 995. The second-order valence-corrected chi connectivity index (χ2v) is 8.91. The third kappa shape index (κ3) is 5.13. The van der Waals surface area contributed by atoms with Crippen LogP contribution in [0.5, 0.6) is 11.5 Å². The maximum atomic E-state index is 13.0. The van der Waals surface area contributed by atoms with Gasteiger partial charge in [-0.2, -0.15) is 0 Å². The van der Waals surface area contributed by atoms with Crippen molar-refractivity contribution < 1.29 is 19.1 Å². The molecule has 32 heavy (non-hydrogen) atoms. The molecule has 1 N–H and O–H groups in total. The molecule has 2 aromatic carbocycles. The predicted molar refractivity (Wildman–Crippen MR) is 123 cm³/mol. The van der Waals surface area contributed by atoms with Crippen LogP contribution in [0, 0.1) is 19.8 Å². The molecule has 0 spiro atoms. The fourth-order valence-corrected chi connectivity index (χ4v) is 4.39. The molecule has 2 aromatic rings. The SMILES string of the molecule is Cc1ccc([C@@H](C)NC(=O)CN2CCC(C(=O)c3ccc4c(c3)OCCO4)CC2)cc1C. The minimum absolute atomic E-state index is 0.0207. The van der Waals surface area contributed by atoms with Crippen molar-refractivity contribution in [3.63, 3.8) is 0 Å². The predicted octanol–water partition coefficient (Wildman–Crippen LogP) is 3.85. The topological polar surface area (TPSA) is 67.9 Å². The van der Waals surface area contributed by atoms with Gasteiger partial charge in [-0.25, -0.2) is 0 Å². The molecule has 1 atom stereocenters. The summed E-state index contributed by atoms with van der Waals surface area (Å²) in [6.45, 7) is 9.08. The fourth-order valence-electron chi connectivity index (χ4n) is 4.39. The van der Waals surface area contributed by atoms with E-state index in [-0.39, 0.29) is 23.7 Å². The molecule has 6 nitrogen and oxygen atoms in total. The Balaban J connectivity index is 1.26. The number of Topliss-reactive ketones (excluding diaryl/α,β-unsaturated/α-hetero) is 1. The van der Waals surface area contributed by atoms with Crippen LogP contribution in [0.3, 0.4) is 0 Å². The van der Waals surface area contributed by atoms with Gasteiger partial charge in [0.25, 0.3) is 0 Å². The van der Waals surface area contributed by atoms with Crippen molar-refractivity contribution in [3.8, 4) is 11.5 Å². The van der Waals surface area contributed by atoms with Crippen LogP contribution in [-0.2, 0) is 4.79 Å². The van der Waals surface area contributed by atoms with Gasteiger partial charge in [0.05, 0.1) is 12.6 Å². The molecule has 0 radical (unpaired) electrons. The fraction of sp³-hybridized carbons (Fsp3) is 0.462. The van der Waals surface area contributed by atoms with Gasteiger partial charge in [-0.15, -0.1) is 0 Å². The zero-order valence-corrected chi connectivity index (χ0v) is 19.1. The summed E-state index contributed by atoms with van der Waals surface area (Å²) in [5.74, 6) is 1.49. The normalized spacial score (nSPS) is 17.6. The van der Waals surface area contributed by atoms with Gasteiger partial charge in [-0.05, 0) is 81.6 Å². The second-order valence-electron chi connectivity index (χ2n) is 8.91. The Kier molecular flexibility index (Phi) is 6.80. The number of hydrogen-bond donors (Lipinski definition) is 1. The summed E-state index contributed by atoms with van der Waals surface area (Å²) < 4.78 is 11.1. The Hall–Kier alpha value is -2.86. The number of aryl methyl sites for hydroxylation is 2. The summed E-state index contributed by atoms with van der Waals surface area (Å²) in [5.41, 5.74) is 4.27.